The second-order valence-electron chi connectivity index (χ2n) is 8.86. The Morgan fingerprint density at radius 3 is 1.97 bits per heavy atom. The molecule has 0 aromatic heterocycles. The van der Waals surface area contributed by atoms with Crippen LogP contribution in [0, 0.1) is 11.8 Å². The van der Waals surface area contributed by atoms with Crippen LogP contribution in [-0.4, -0.2) is 67.8 Å². The van der Waals surface area contributed by atoms with Gasteiger partial charge in [0.2, 0.25) is 5.91 Å². The van der Waals surface area contributed by atoms with E-state index >= 15 is 0 Å². The monoisotopic (exact) mass is 541 g/mol. The molecule has 1 saturated heterocycles. The lowest BCUT2D eigenvalue weighted by Crippen LogP contribution is -2.79. The third-order valence-electron chi connectivity index (χ3n) is 6.50. The van der Waals surface area contributed by atoms with Crippen molar-refractivity contribution < 1.29 is 42.9 Å². The molecule has 10 nitrogen and oxygen atoms in total. The Bertz CT molecular complexity index is 1120. The summed E-state index contributed by atoms with van der Waals surface area (Å²) in [6, 6.07) is 16.3. The number of nitrogens with zero attached hydrogens (tertiary/aromatic N) is 1. The minimum atomic E-state index is -1.79. The van der Waals surface area contributed by atoms with Gasteiger partial charge < -0.3 is 28.6 Å². The number of amides is 1. The molecule has 10 heteroatoms. The van der Waals surface area contributed by atoms with Gasteiger partial charge >= 0.3 is 17.9 Å². The average Bonchev–Trinajstić information content (AvgIpc) is 2.94. The Kier molecular flexibility index (Phi) is 10.4. The summed E-state index contributed by atoms with van der Waals surface area (Å²) in [5, 5.41) is 0. The molecule has 2 aromatic rings. The molecule has 1 aliphatic rings. The van der Waals surface area contributed by atoms with Crippen LogP contribution in [0.3, 0.4) is 0 Å². The van der Waals surface area contributed by atoms with Crippen LogP contribution in [0.25, 0.3) is 0 Å². The quantitative estimate of drug-likeness (QED) is 0.154. The highest BCUT2D eigenvalue weighted by atomic mass is 16.6. The number of methoxy groups -OCH3 is 1. The molecule has 210 valence electrons. The van der Waals surface area contributed by atoms with Crippen LogP contribution in [0.2, 0.25) is 0 Å². The van der Waals surface area contributed by atoms with Crippen molar-refractivity contribution in [1.29, 1.82) is 0 Å². The fourth-order valence-corrected chi connectivity index (χ4v) is 4.67. The Morgan fingerprint density at radius 2 is 1.44 bits per heavy atom. The number of rotatable bonds is 14. The highest BCUT2D eigenvalue weighted by Crippen LogP contribution is 2.46. The minimum absolute atomic E-state index is 0.00517. The number of esters is 3. The van der Waals surface area contributed by atoms with E-state index < -0.39 is 41.2 Å². The first-order valence-electron chi connectivity index (χ1n) is 12.9. The lowest BCUT2D eigenvalue weighted by atomic mass is 9.66. The third kappa shape index (κ3) is 6.39. The van der Waals surface area contributed by atoms with Crippen LogP contribution in [-0.2, 0) is 51.3 Å². The van der Waals surface area contributed by atoms with E-state index in [9.17, 15) is 19.2 Å². The Hall–Kier alpha value is -3.92. The van der Waals surface area contributed by atoms with Gasteiger partial charge in [0, 0.05) is 6.54 Å². The predicted molar refractivity (Wildman–Crippen MR) is 139 cm³/mol. The van der Waals surface area contributed by atoms with E-state index in [-0.39, 0.29) is 39.6 Å². The van der Waals surface area contributed by atoms with Gasteiger partial charge in [-0.3, -0.25) is 14.4 Å². The van der Waals surface area contributed by atoms with Crippen LogP contribution >= 0.6 is 0 Å². The highest BCUT2D eigenvalue weighted by molar-refractivity contribution is 6.08. The van der Waals surface area contributed by atoms with Crippen LogP contribution in [0.15, 0.2) is 54.6 Å². The maximum absolute atomic E-state index is 13.7. The number of carbonyl (C=O) groups is 4. The van der Waals surface area contributed by atoms with Crippen LogP contribution in [0.4, 0.5) is 0 Å². The summed E-state index contributed by atoms with van der Waals surface area (Å²) >= 11 is 0. The zero-order chi connectivity index (χ0) is 28.4. The molecule has 1 fully saturated rings. The number of carbonyl (C=O) groups excluding carboxylic acids is 4. The fourth-order valence-electron chi connectivity index (χ4n) is 4.67. The Labute approximate surface area is 228 Å². The van der Waals surface area contributed by atoms with Gasteiger partial charge in [0.05, 0.1) is 46.1 Å². The molecule has 0 bridgehead atoms. The van der Waals surface area contributed by atoms with Gasteiger partial charge in [0.1, 0.15) is 5.75 Å². The zero-order valence-electron chi connectivity index (χ0n) is 22.7. The fraction of sp³-hybridized carbons (Fsp3) is 0.448. The van der Waals surface area contributed by atoms with Crippen molar-refractivity contribution >= 4 is 23.8 Å². The highest BCUT2D eigenvalue weighted by Gasteiger charge is 2.71. The molecule has 0 unspecified atom stereocenters. The van der Waals surface area contributed by atoms with Gasteiger partial charge in [-0.2, -0.15) is 0 Å². The predicted octanol–water partition coefficient (Wildman–Crippen LogP) is 2.91. The molecular formula is C29H35NO9. The third-order valence-corrected chi connectivity index (χ3v) is 6.50. The molecular weight excluding hydrogens is 506 g/mol. The van der Waals surface area contributed by atoms with Gasteiger partial charge in [-0.15, -0.1) is 0 Å². The van der Waals surface area contributed by atoms with E-state index in [0.29, 0.717) is 11.3 Å². The van der Waals surface area contributed by atoms with E-state index in [1.807, 2.05) is 30.3 Å². The van der Waals surface area contributed by atoms with Gasteiger partial charge in [-0.1, -0.05) is 42.5 Å². The summed E-state index contributed by atoms with van der Waals surface area (Å²) in [6.07, 6.45) is 0. The van der Waals surface area contributed by atoms with E-state index in [1.165, 1.54) is 4.90 Å². The molecule has 0 saturated carbocycles. The summed E-state index contributed by atoms with van der Waals surface area (Å²) in [5.74, 6) is -5.76. The standard InChI is InChI=1S/C29H35NO9/c1-5-37-26(32)23(27(33)38-6-2)24-25(31)30(17-20-13-15-22(35-4)16-14-20)29(24,28(34)39-7-3)19-36-18-21-11-9-8-10-12-21/h8-16,23-24H,5-7,17-19H2,1-4H3/t24-,29-/m0/s1. The first-order chi connectivity index (χ1) is 18.8. The summed E-state index contributed by atoms with van der Waals surface area (Å²) in [4.78, 5) is 54.8. The normalized spacial score (nSPS) is 18.3. The number of benzene rings is 2. The van der Waals surface area contributed by atoms with Gasteiger partial charge in [-0.05, 0) is 44.0 Å². The topological polar surface area (TPSA) is 118 Å². The van der Waals surface area contributed by atoms with Crippen molar-refractivity contribution in [2.24, 2.45) is 11.8 Å². The second kappa shape index (κ2) is 13.7. The molecule has 0 N–H and O–H groups in total. The molecule has 0 radical (unpaired) electrons. The number of β-lactam (4-membered cyclic amide) rings is 1. The number of likely N-dealkylation sites (tertiary alicyclic amines) is 1. The van der Waals surface area contributed by atoms with Crippen LogP contribution in [0.5, 0.6) is 5.75 Å². The van der Waals surface area contributed by atoms with E-state index in [2.05, 4.69) is 0 Å². The lowest BCUT2D eigenvalue weighted by molar-refractivity contribution is -0.212. The SMILES string of the molecule is CCOC(=O)C(C(=O)OCC)[C@H]1C(=O)N(Cc2ccc(OC)cc2)[C@]1(COCc1ccccc1)C(=O)OCC. The second-order valence-corrected chi connectivity index (χ2v) is 8.86. The molecule has 0 aliphatic carbocycles. The van der Waals surface area contributed by atoms with Gasteiger partial charge in [-0.25, -0.2) is 4.79 Å². The first kappa shape index (κ1) is 29.6. The minimum Gasteiger partial charge on any atom is -0.497 e. The number of hydrogen-bond donors (Lipinski definition) is 0. The zero-order valence-corrected chi connectivity index (χ0v) is 22.7. The average molecular weight is 542 g/mol. The Morgan fingerprint density at radius 1 is 0.846 bits per heavy atom. The van der Waals surface area contributed by atoms with Gasteiger partial charge in [0.25, 0.3) is 0 Å². The molecule has 3 rings (SSSR count). The largest absolute Gasteiger partial charge is 0.497 e. The molecule has 0 spiro atoms. The molecule has 39 heavy (non-hydrogen) atoms. The van der Waals surface area contributed by atoms with Crippen LogP contribution < -0.4 is 4.74 Å². The molecule has 1 heterocycles. The summed E-state index contributed by atoms with van der Waals surface area (Å²) in [6.45, 7) is 4.58. The van der Waals surface area contributed by atoms with Crippen molar-refractivity contribution in [3.63, 3.8) is 0 Å². The summed E-state index contributed by atoms with van der Waals surface area (Å²) < 4.78 is 26.9. The molecule has 1 amide bonds. The number of ether oxygens (including phenoxy) is 5. The summed E-state index contributed by atoms with van der Waals surface area (Å²) in [5.41, 5.74) is -0.248. The smallest absolute Gasteiger partial charge is 0.335 e. The number of hydrogen-bond acceptors (Lipinski definition) is 9. The van der Waals surface area contributed by atoms with Crippen molar-refractivity contribution in [2.45, 2.75) is 39.5 Å². The van der Waals surface area contributed by atoms with Crippen molar-refractivity contribution in [2.75, 3.05) is 33.5 Å². The maximum atomic E-state index is 13.7. The van der Waals surface area contributed by atoms with Crippen molar-refractivity contribution in [3.8, 4) is 5.75 Å². The Balaban J connectivity index is 2.06. The first-order valence-corrected chi connectivity index (χ1v) is 12.9. The van der Waals surface area contributed by atoms with Crippen molar-refractivity contribution in [3.05, 3.63) is 65.7 Å². The summed E-state index contributed by atoms with van der Waals surface area (Å²) in [7, 11) is 1.54. The molecule has 1 aliphatic heterocycles. The van der Waals surface area contributed by atoms with Crippen molar-refractivity contribution in [1.82, 2.24) is 4.90 Å². The molecule has 2 aromatic carbocycles. The van der Waals surface area contributed by atoms with E-state index in [4.69, 9.17) is 23.7 Å². The molecule has 2 atom stereocenters. The van der Waals surface area contributed by atoms with Crippen LogP contribution in [0.1, 0.15) is 31.9 Å². The van der Waals surface area contributed by atoms with E-state index in [1.54, 1.807) is 52.1 Å². The lowest BCUT2D eigenvalue weighted by Gasteiger charge is -2.56. The van der Waals surface area contributed by atoms with E-state index in [0.717, 1.165) is 5.56 Å². The van der Waals surface area contributed by atoms with Gasteiger partial charge in [0.15, 0.2) is 11.5 Å². The maximum Gasteiger partial charge on any atom is 0.335 e.